The summed E-state index contributed by atoms with van der Waals surface area (Å²) in [5.41, 5.74) is 12.2. The summed E-state index contributed by atoms with van der Waals surface area (Å²) in [4.78, 5) is 4.01. The predicted molar refractivity (Wildman–Crippen MR) is 226 cm³/mol. The Bertz CT molecular complexity index is 3420. The van der Waals surface area contributed by atoms with E-state index in [1.54, 1.807) is 0 Å². The number of nitriles is 1. The van der Waals surface area contributed by atoms with Crippen LogP contribution in [0, 0.1) is 17.9 Å². The summed E-state index contributed by atoms with van der Waals surface area (Å²) >= 11 is 0. The van der Waals surface area contributed by atoms with Crippen LogP contribution < -0.4 is 0 Å². The molecule has 5 heteroatoms. The molecule has 0 saturated heterocycles. The van der Waals surface area contributed by atoms with Crippen molar-refractivity contribution in [3.8, 4) is 34.3 Å². The second-order valence-corrected chi connectivity index (χ2v) is 13.9. The van der Waals surface area contributed by atoms with Gasteiger partial charge in [0.15, 0.2) is 0 Å². The molecule has 0 fully saturated rings. The van der Waals surface area contributed by atoms with Gasteiger partial charge < -0.3 is 13.7 Å². The first kappa shape index (κ1) is 30.7. The third kappa shape index (κ3) is 4.33. The lowest BCUT2D eigenvalue weighted by Gasteiger charge is -2.18. The Balaban J connectivity index is 1.22. The van der Waals surface area contributed by atoms with E-state index in [9.17, 15) is 5.26 Å². The van der Waals surface area contributed by atoms with Crippen LogP contribution in [-0.2, 0) is 0 Å². The van der Waals surface area contributed by atoms with E-state index < -0.39 is 0 Å². The van der Waals surface area contributed by atoms with E-state index >= 15 is 0 Å². The van der Waals surface area contributed by atoms with Gasteiger partial charge in [-0.3, -0.25) is 0 Å². The Kier molecular flexibility index (Phi) is 6.61. The van der Waals surface area contributed by atoms with E-state index in [0.717, 1.165) is 72.1 Å². The predicted octanol–water partition coefficient (Wildman–Crippen LogP) is 13.1. The number of rotatable bonds is 4. The molecule has 11 rings (SSSR count). The maximum Gasteiger partial charge on any atom is 0.210 e. The van der Waals surface area contributed by atoms with Crippen molar-refractivity contribution in [2.24, 2.45) is 0 Å². The average molecular weight is 700 g/mol. The highest BCUT2D eigenvalue weighted by molar-refractivity contribution is 6.16. The van der Waals surface area contributed by atoms with Crippen molar-refractivity contribution in [1.29, 1.82) is 5.26 Å². The van der Waals surface area contributed by atoms with Crippen molar-refractivity contribution in [1.82, 2.24) is 13.7 Å². The molecule has 0 aliphatic rings. The van der Waals surface area contributed by atoms with Gasteiger partial charge in [-0.1, -0.05) is 127 Å². The van der Waals surface area contributed by atoms with E-state index in [-0.39, 0.29) is 0 Å². The smallest absolute Gasteiger partial charge is 0.210 e. The fourth-order valence-electron chi connectivity index (χ4n) is 8.85. The van der Waals surface area contributed by atoms with Crippen molar-refractivity contribution in [3.63, 3.8) is 0 Å². The van der Waals surface area contributed by atoms with E-state index in [0.29, 0.717) is 11.3 Å². The molecule has 11 aromatic rings. The summed E-state index contributed by atoms with van der Waals surface area (Å²) in [7, 11) is 0. The Morgan fingerprint density at radius 2 is 0.891 bits per heavy atom. The Morgan fingerprint density at radius 1 is 0.418 bits per heavy atom. The summed E-state index contributed by atoms with van der Waals surface area (Å²) in [6, 6.07) is 63.6. The largest absolute Gasteiger partial charge is 0.318 e. The minimum absolute atomic E-state index is 0.516. The third-order valence-electron chi connectivity index (χ3n) is 11.1. The standard InChI is InChI=1S/C50H29N5/c1-52-41-29-28-32(30-48(41)55-46-26-11-5-18-37(46)39-20-12-14-33(31-51)49(39)55)34-15-2-7-22-42(34)54-45-25-10-6-19-38(45)40-21-13-27-47(50(40)54)53-43-23-8-3-16-35(43)36-17-4-9-24-44(36)53/h2-30H. The molecule has 0 N–H and O–H groups in total. The number of para-hydroxylation sites is 7. The zero-order valence-electron chi connectivity index (χ0n) is 29.5. The van der Waals surface area contributed by atoms with Crippen molar-refractivity contribution < 1.29 is 0 Å². The van der Waals surface area contributed by atoms with Crippen LogP contribution in [0.1, 0.15) is 5.56 Å². The summed E-state index contributed by atoms with van der Waals surface area (Å²) in [5.74, 6) is 0. The van der Waals surface area contributed by atoms with E-state index in [4.69, 9.17) is 6.57 Å². The molecule has 0 spiro atoms. The Morgan fingerprint density at radius 3 is 1.51 bits per heavy atom. The number of hydrogen-bond acceptors (Lipinski definition) is 1. The lowest BCUT2D eigenvalue weighted by molar-refractivity contribution is 1.13. The highest BCUT2D eigenvalue weighted by Gasteiger charge is 2.23. The minimum atomic E-state index is 0.516. The number of fused-ring (bicyclic) bond motifs is 9. The van der Waals surface area contributed by atoms with Crippen LogP contribution in [0.4, 0.5) is 5.69 Å². The SMILES string of the molecule is [C-]#[N+]c1ccc(-c2ccccc2-n2c3ccccc3c3cccc(-n4c5ccccc5c5ccccc54)c32)cc1-n1c2ccccc2c2cccc(C#N)c21. The number of nitrogens with zero attached hydrogens (tertiary/aromatic N) is 5. The fraction of sp³-hybridized carbons (Fsp3) is 0. The van der Waals surface area contributed by atoms with Gasteiger partial charge in [0.2, 0.25) is 5.69 Å². The van der Waals surface area contributed by atoms with Gasteiger partial charge in [0.1, 0.15) is 6.07 Å². The van der Waals surface area contributed by atoms with Gasteiger partial charge in [0.05, 0.1) is 62.3 Å². The summed E-state index contributed by atoms with van der Waals surface area (Å²) in [6.07, 6.45) is 0. The summed E-state index contributed by atoms with van der Waals surface area (Å²) in [5, 5.41) is 17.1. The van der Waals surface area contributed by atoms with E-state index in [1.165, 1.54) is 21.5 Å². The molecule has 0 saturated carbocycles. The zero-order valence-corrected chi connectivity index (χ0v) is 29.5. The Hall–Kier alpha value is -7.86. The average Bonchev–Trinajstić information content (AvgIpc) is 3.89. The van der Waals surface area contributed by atoms with Gasteiger partial charge >= 0.3 is 0 Å². The molecule has 0 radical (unpaired) electrons. The molecule has 0 amide bonds. The van der Waals surface area contributed by atoms with Crippen LogP contribution in [-0.4, -0.2) is 13.7 Å². The molecule has 0 aliphatic heterocycles. The molecule has 0 aliphatic carbocycles. The van der Waals surface area contributed by atoms with Crippen LogP contribution in [0.15, 0.2) is 176 Å². The van der Waals surface area contributed by atoms with Gasteiger partial charge in [0, 0.05) is 37.9 Å². The van der Waals surface area contributed by atoms with Gasteiger partial charge in [-0.05, 0) is 54.1 Å². The normalized spacial score (nSPS) is 11.6. The lowest BCUT2D eigenvalue weighted by Crippen LogP contribution is -2.02. The van der Waals surface area contributed by atoms with Crippen molar-refractivity contribution >= 4 is 71.1 Å². The van der Waals surface area contributed by atoms with Gasteiger partial charge in [-0.2, -0.15) is 5.26 Å². The number of hydrogen-bond donors (Lipinski definition) is 0. The molecule has 0 bridgehead atoms. The van der Waals surface area contributed by atoms with Crippen molar-refractivity contribution in [3.05, 3.63) is 193 Å². The van der Waals surface area contributed by atoms with Crippen LogP contribution in [0.25, 0.3) is 98.5 Å². The molecule has 3 aromatic heterocycles. The van der Waals surface area contributed by atoms with Gasteiger partial charge in [-0.25, -0.2) is 4.85 Å². The quantitative estimate of drug-likeness (QED) is 0.169. The molecule has 5 nitrogen and oxygen atoms in total. The monoisotopic (exact) mass is 699 g/mol. The molecule has 254 valence electrons. The maximum atomic E-state index is 10.3. The van der Waals surface area contributed by atoms with Crippen LogP contribution >= 0.6 is 0 Å². The minimum Gasteiger partial charge on any atom is -0.318 e. The zero-order chi connectivity index (χ0) is 36.6. The van der Waals surface area contributed by atoms with Crippen LogP contribution in [0.5, 0.6) is 0 Å². The van der Waals surface area contributed by atoms with E-state index in [1.807, 2.05) is 30.3 Å². The van der Waals surface area contributed by atoms with Crippen LogP contribution in [0.2, 0.25) is 0 Å². The lowest BCUT2D eigenvalue weighted by atomic mass is 10.0. The first-order chi connectivity index (χ1) is 27.2. The van der Waals surface area contributed by atoms with Gasteiger partial charge in [-0.15, -0.1) is 0 Å². The first-order valence-corrected chi connectivity index (χ1v) is 18.3. The number of aromatic nitrogens is 3. The second-order valence-electron chi connectivity index (χ2n) is 13.9. The topological polar surface area (TPSA) is 42.9 Å². The molecule has 55 heavy (non-hydrogen) atoms. The maximum absolute atomic E-state index is 10.3. The molecular formula is C50H29N5. The van der Waals surface area contributed by atoms with Gasteiger partial charge in [0.25, 0.3) is 0 Å². The summed E-state index contributed by atoms with van der Waals surface area (Å²) in [6.45, 7) is 8.26. The Labute approximate surface area is 316 Å². The number of benzene rings is 8. The van der Waals surface area contributed by atoms with Crippen LogP contribution in [0.3, 0.4) is 0 Å². The molecule has 3 heterocycles. The second kappa shape index (κ2) is 11.8. The molecular weight excluding hydrogens is 671 g/mol. The van der Waals surface area contributed by atoms with E-state index in [2.05, 4.69) is 170 Å². The fourth-order valence-corrected chi connectivity index (χ4v) is 8.85. The highest BCUT2D eigenvalue weighted by atomic mass is 15.1. The molecule has 0 atom stereocenters. The first-order valence-electron chi connectivity index (χ1n) is 18.3. The van der Waals surface area contributed by atoms with Crippen molar-refractivity contribution in [2.45, 2.75) is 0 Å². The third-order valence-corrected chi connectivity index (χ3v) is 11.1. The summed E-state index contributed by atoms with van der Waals surface area (Å²) < 4.78 is 6.92. The highest BCUT2D eigenvalue weighted by Crippen LogP contribution is 2.43. The molecule has 8 aromatic carbocycles. The molecule has 0 unspecified atom stereocenters. The van der Waals surface area contributed by atoms with Crippen molar-refractivity contribution in [2.75, 3.05) is 0 Å².